The lowest BCUT2D eigenvalue weighted by atomic mass is 10.0. The Hall–Kier alpha value is -2.90. The van der Waals surface area contributed by atoms with Gasteiger partial charge in [-0.2, -0.15) is 13.2 Å². The number of halogens is 3. The molecule has 0 bridgehead atoms. The summed E-state index contributed by atoms with van der Waals surface area (Å²) in [5.41, 5.74) is 1.83. The lowest BCUT2D eigenvalue weighted by Gasteiger charge is -2.13. The van der Waals surface area contributed by atoms with E-state index in [0.29, 0.717) is 11.1 Å². The smallest absolute Gasteiger partial charge is 0.433 e. The monoisotopic (exact) mass is 393 g/mol. The van der Waals surface area contributed by atoms with Crippen molar-refractivity contribution in [3.05, 3.63) is 58.4 Å². The van der Waals surface area contributed by atoms with Gasteiger partial charge in [-0.1, -0.05) is 0 Å². The van der Waals surface area contributed by atoms with Crippen LogP contribution in [0.1, 0.15) is 39.7 Å². The molecule has 5 nitrogen and oxygen atoms in total. The van der Waals surface area contributed by atoms with Gasteiger partial charge in [0.2, 0.25) is 0 Å². The first-order chi connectivity index (χ1) is 13.1. The molecule has 28 heavy (non-hydrogen) atoms. The highest BCUT2D eigenvalue weighted by atomic mass is 19.4. The van der Waals surface area contributed by atoms with E-state index in [0.717, 1.165) is 30.1 Å². The van der Waals surface area contributed by atoms with Gasteiger partial charge in [0.05, 0.1) is 17.6 Å². The SMILES string of the molecule is CCN(C)C=Nc1ccc(C(=O)OCc2ccnc(C(F)(F)F)c2)c(C)c1C. The van der Waals surface area contributed by atoms with E-state index in [1.807, 2.05) is 25.8 Å². The molecule has 0 atom stereocenters. The maximum absolute atomic E-state index is 12.7. The molecule has 1 aromatic carbocycles. The number of hydrogen-bond acceptors (Lipinski definition) is 4. The van der Waals surface area contributed by atoms with E-state index in [4.69, 9.17) is 4.74 Å². The molecule has 0 aliphatic rings. The van der Waals surface area contributed by atoms with Crippen LogP contribution in [0.25, 0.3) is 0 Å². The lowest BCUT2D eigenvalue weighted by Crippen LogP contribution is -2.14. The fraction of sp³-hybridized carbons (Fsp3) is 0.350. The quantitative estimate of drug-likeness (QED) is 0.406. The molecule has 150 valence electrons. The Labute approximate surface area is 161 Å². The molecule has 0 radical (unpaired) electrons. The molecule has 0 fully saturated rings. The van der Waals surface area contributed by atoms with Crippen LogP contribution in [0.5, 0.6) is 0 Å². The van der Waals surface area contributed by atoms with E-state index in [1.165, 1.54) is 6.07 Å². The van der Waals surface area contributed by atoms with Crippen molar-refractivity contribution < 1.29 is 22.7 Å². The molecular formula is C20H22F3N3O2. The zero-order valence-electron chi connectivity index (χ0n) is 16.2. The summed E-state index contributed by atoms with van der Waals surface area (Å²) >= 11 is 0. The van der Waals surface area contributed by atoms with E-state index >= 15 is 0 Å². The highest BCUT2D eigenvalue weighted by Crippen LogP contribution is 2.28. The number of carbonyl (C=O) groups excluding carboxylic acids is 1. The topological polar surface area (TPSA) is 54.8 Å². The van der Waals surface area contributed by atoms with Gasteiger partial charge in [-0.25, -0.2) is 9.79 Å². The Morgan fingerprint density at radius 1 is 1.25 bits per heavy atom. The van der Waals surface area contributed by atoms with Crippen molar-refractivity contribution in [2.75, 3.05) is 13.6 Å². The van der Waals surface area contributed by atoms with Crippen LogP contribution < -0.4 is 0 Å². The number of benzene rings is 1. The molecule has 1 heterocycles. The predicted octanol–water partition coefficient (Wildman–Crippen LogP) is 4.69. The summed E-state index contributed by atoms with van der Waals surface area (Å²) in [6.07, 6.45) is -1.79. The molecule has 0 saturated heterocycles. The van der Waals surface area contributed by atoms with Crippen LogP contribution in [0.2, 0.25) is 0 Å². The summed E-state index contributed by atoms with van der Waals surface area (Å²) in [5, 5.41) is 0. The molecule has 2 rings (SSSR count). The van der Waals surface area contributed by atoms with E-state index in [9.17, 15) is 18.0 Å². The average molecular weight is 393 g/mol. The Balaban J connectivity index is 2.13. The highest BCUT2D eigenvalue weighted by molar-refractivity contribution is 5.92. The van der Waals surface area contributed by atoms with Gasteiger partial charge >= 0.3 is 12.1 Å². The second-order valence-corrected chi connectivity index (χ2v) is 6.32. The van der Waals surface area contributed by atoms with Crippen molar-refractivity contribution in [1.29, 1.82) is 0 Å². The van der Waals surface area contributed by atoms with Gasteiger partial charge in [-0.3, -0.25) is 4.98 Å². The molecule has 0 aliphatic carbocycles. The molecule has 0 amide bonds. The molecule has 0 N–H and O–H groups in total. The zero-order chi connectivity index (χ0) is 20.9. The van der Waals surface area contributed by atoms with E-state index in [-0.39, 0.29) is 12.2 Å². The molecule has 2 aromatic rings. The fourth-order valence-corrected chi connectivity index (χ4v) is 2.36. The minimum atomic E-state index is -4.55. The maximum atomic E-state index is 12.7. The number of aromatic nitrogens is 1. The third kappa shape index (κ3) is 5.31. The van der Waals surface area contributed by atoms with Gasteiger partial charge < -0.3 is 9.64 Å². The lowest BCUT2D eigenvalue weighted by molar-refractivity contribution is -0.141. The third-order valence-electron chi connectivity index (χ3n) is 4.36. The van der Waals surface area contributed by atoms with Gasteiger partial charge in [0.15, 0.2) is 0 Å². The predicted molar refractivity (Wildman–Crippen MR) is 101 cm³/mol. The first kappa shape index (κ1) is 21.4. The minimum Gasteiger partial charge on any atom is -0.457 e. The maximum Gasteiger partial charge on any atom is 0.433 e. The normalized spacial score (nSPS) is 11.7. The molecule has 0 saturated carbocycles. The average Bonchev–Trinajstić information content (AvgIpc) is 2.66. The van der Waals surface area contributed by atoms with Crippen molar-refractivity contribution in [3.63, 3.8) is 0 Å². The number of ether oxygens (including phenoxy) is 1. The third-order valence-corrected chi connectivity index (χ3v) is 4.36. The van der Waals surface area contributed by atoms with E-state index in [1.54, 1.807) is 25.4 Å². The minimum absolute atomic E-state index is 0.217. The van der Waals surface area contributed by atoms with Crippen LogP contribution in [0.15, 0.2) is 35.5 Å². The van der Waals surface area contributed by atoms with Gasteiger partial charge in [-0.05, 0) is 61.7 Å². The van der Waals surface area contributed by atoms with Crippen LogP contribution in [-0.4, -0.2) is 35.8 Å². The molecule has 0 aliphatic heterocycles. The van der Waals surface area contributed by atoms with Gasteiger partial charge in [0.1, 0.15) is 12.3 Å². The second-order valence-electron chi connectivity index (χ2n) is 6.32. The molecule has 0 unspecified atom stereocenters. The molecular weight excluding hydrogens is 371 g/mol. The largest absolute Gasteiger partial charge is 0.457 e. The number of aliphatic imine (C=N–C) groups is 1. The first-order valence-electron chi connectivity index (χ1n) is 8.67. The number of nitrogens with zero attached hydrogens (tertiary/aromatic N) is 3. The number of alkyl halides is 3. The summed E-state index contributed by atoms with van der Waals surface area (Å²) in [4.78, 5) is 22.0. The van der Waals surface area contributed by atoms with Crippen molar-refractivity contribution in [3.8, 4) is 0 Å². The number of esters is 1. The number of hydrogen-bond donors (Lipinski definition) is 0. The van der Waals surface area contributed by atoms with Crippen LogP contribution in [-0.2, 0) is 17.5 Å². The summed E-state index contributed by atoms with van der Waals surface area (Å²) in [6.45, 7) is 6.18. The van der Waals surface area contributed by atoms with Crippen LogP contribution in [0.3, 0.4) is 0 Å². The molecule has 1 aromatic heterocycles. The summed E-state index contributed by atoms with van der Waals surface area (Å²) < 4.78 is 43.3. The Morgan fingerprint density at radius 2 is 1.96 bits per heavy atom. The number of carbonyl (C=O) groups is 1. The Kier molecular flexibility index (Phi) is 6.77. The van der Waals surface area contributed by atoms with Crippen molar-refractivity contribution in [2.45, 2.75) is 33.6 Å². The van der Waals surface area contributed by atoms with Gasteiger partial charge in [0, 0.05) is 19.8 Å². The first-order valence-corrected chi connectivity index (χ1v) is 8.67. The van der Waals surface area contributed by atoms with E-state index in [2.05, 4.69) is 9.98 Å². The highest BCUT2D eigenvalue weighted by Gasteiger charge is 2.32. The van der Waals surface area contributed by atoms with E-state index < -0.39 is 17.8 Å². The van der Waals surface area contributed by atoms with Gasteiger partial charge in [0.25, 0.3) is 0 Å². The molecule has 0 spiro atoms. The standard InChI is InChI=1S/C20H22F3N3O2/c1-5-26(4)12-25-17-7-6-16(13(2)14(17)3)19(27)28-11-15-8-9-24-18(10-15)20(21,22)23/h6-10,12H,5,11H2,1-4H3. The molecule has 8 heteroatoms. The Morgan fingerprint density at radius 3 is 2.61 bits per heavy atom. The summed E-state index contributed by atoms with van der Waals surface area (Å²) in [6, 6.07) is 5.57. The van der Waals surface area contributed by atoms with Gasteiger partial charge in [-0.15, -0.1) is 0 Å². The Bertz CT molecular complexity index is 879. The van der Waals surface area contributed by atoms with Crippen LogP contribution in [0, 0.1) is 13.8 Å². The fourth-order valence-electron chi connectivity index (χ4n) is 2.36. The van der Waals surface area contributed by atoms with Crippen LogP contribution >= 0.6 is 0 Å². The van der Waals surface area contributed by atoms with Crippen molar-refractivity contribution in [1.82, 2.24) is 9.88 Å². The number of rotatable bonds is 6. The van der Waals surface area contributed by atoms with Crippen molar-refractivity contribution in [2.24, 2.45) is 4.99 Å². The van der Waals surface area contributed by atoms with Crippen LogP contribution in [0.4, 0.5) is 18.9 Å². The summed E-state index contributed by atoms with van der Waals surface area (Å²) in [7, 11) is 1.90. The zero-order valence-corrected chi connectivity index (χ0v) is 16.2. The second kappa shape index (κ2) is 8.86. The van der Waals surface area contributed by atoms with Crippen molar-refractivity contribution >= 4 is 18.0 Å². The number of pyridine rings is 1. The summed E-state index contributed by atoms with van der Waals surface area (Å²) in [5.74, 6) is -0.604.